The molecule has 0 bridgehead atoms. The van der Waals surface area contributed by atoms with Gasteiger partial charge in [0, 0.05) is 44.0 Å². The zero-order chi connectivity index (χ0) is 22.3. The molecule has 1 aliphatic rings. The molecule has 0 radical (unpaired) electrons. The van der Waals surface area contributed by atoms with Gasteiger partial charge in [0.2, 0.25) is 5.91 Å². The van der Waals surface area contributed by atoms with Gasteiger partial charge in [0.05, 0.1) is 6.54 Å². The molecule has 1 aliphatic heterocycles. The van der Waals surface area contributed by atoms with Gasteiger partial charge in [0.25, 0.3) is 11.1 Å². The molecule has 3 aromatic rings. The molecule has 0 saturated carbocycles. The summed E-state index contributed by atoms with van der Waals surface area (Å²) in [5.74, 6) is 0.596. The molecule has 0 atom stereocenters. The van der Waals surface area contributed by atoms with E-state index >= 15 is 0 Å². The molecular weight excluding hydrogens is 424 g/mol. The first kappa shape index (κ1) is 22.1. The molecule has 8 heteroatoms. The van der Waals surface area contributed by atoms with E-state index in [1.54, 1.807) is 6.08 Å². The molecular formula is C24H26N4O3S. The minimum absolute atomic E-state index is 0.0220. The maximum atomic E-state index is 13.2. The minimum Gasteiger partial charge on any atom is -0.431 e. The van der Waals surface area contributed by atoms with Crippen LogP contribution in [-0.2, 0) is 10.5 Å². The van der Waals surface area contributed by atoms with Crippen LogP contribution in [0.5, 0.6) is 0 Å². The van der Waals surface area contributed by atoms with Crippen LogP contribution in [0.3, 0.4) is 0 Å². The van der Waals surface area contributed by atoms with Gasteiger partial charge in [0.1, 0.15) is 5.52 Å². The molecule has 0 spiro atoms. The number of carbonyl (C=O) groups excluding carboxylic acids is 2. The average Bonchev–Trinajstić information content (AvgIpc) is 3.25. The van der Waals surface area contributed by atoms with Crippen molar-refractivity contribution in [3.63, 3.8) is 0 Å². The minimum atomic E-state index is -0.0220. The Kier molecular flexibility index (Phi) is 7.24. The lowest BCUT2D eigenvalue weighted by molar-refractivity contribution is -0.122. The summed E-state index contributed by atoms with van der Waals surface area (Å²) in [6, 6.07) is 15.3. The average molecular weight is 451 g/mol. The summed E-state index contributed by atoms with van der Waals surface area (Å²) in [6.07, 6.45) is 1.66. The summed E-state index contributed by atoms with van der Waals surface area (Å²) in [6.45, 7) is 6.95. The Morgan fingerprint density at radius 2 is 1.84 bits per heavy atom. The Hall–Kier alpha value is -3.10. The zero-order valence-electron chi connectivity index (χ0n) is 17.8. The van der Waals surface area contributed by atoms with E-state index in [1.807, 2.05) is 53.4 Å². The van der Waals surface area contributed by atoms with E-state index in [0.29, 0.717) is 55.8 Å². The van der Waals surface area contributed by atoms with E-state index in [9.17, 15) is 9.59 Å². The van der Waals surface area contributed by atoms with Crippen molar-refractivity contribution >= 4 is 34.7 Å². The molecule has 32 heavy (non-hydrogen) atoms. The first-order chi connectivity index (χ1) is 15.6. The molecule has 1 fully saturated rings. The standard InChI is InChI=1S/C24H26N4O3S/c1-2-11-25-22(29)16-27-12-14-28(15-13-27)23(30)19-8-4-3-7-18(19)17-32-24-26-20-9-5-6-10-21(20)31-24/h2-10H,1,11-17H2,(H,25,29). The Morgan fingerprint density at radius 1 is 1.09 bits per heavy atom. The molecule has 0 aliphatic carbocycles. The van der Waals surface area contributed by atoms with Crippen LogP contribution in [0.15, 0.2) is 70.8 Å². The highest BCUT2D eigenvalue weighted by Gasteiger charge is 2.24. The number of oxazole rings is 1. The zero-order valence-corrected chi connectivity index (χ0v) is 18.6. The fourth-order valence-corrected chi connectivity index (χ4v) is 4.47. The van der Waals surface area contributed by atoms with Crippen LogP contribution in [0.1, 0.15) is 15.9 Å². The van der Waals surface area contributed by atoms with Gasteiger partial charge in [-0.3, -0.25) is 14.5 Å². The Morgan fingerprint density at radius 3 is 2.62 bits per heavy atom. The number of fused-ring (bicyclic) bond motifs is 1. The van der Waals surface area contributed by atoms with Crippen LogP contribution < -0.4 is 5.32 Å². The predicted molar refractivity (Wildman–Crippen MR) is 126 cm³/mol. The lowest BCUT2D eigenvalue weighted by Crippen LogP contribution is -2.51. The number of piperazine rings is 1. The van der Waals surface area contributed by atoms with Crippen molar-refractivity contribution in [1.29, 1.82) is 0 Å². The van der Waals surface area contributed by atoms with Crippen LogP contribution in [0.25, 0.3) is 11.1 Å². The number of nitrogens with one attached hydrogen (secondary N) is 1. The number of benzene rings is 2. The van der Waals surface area contributed by atoms with Crippen LogP contribution in [0.2, 0.25) is 0 Å². The van der Waals surface area contributed by atoms with Crippen molar-refractivity contribution in [2.24, 2.45) is 0 Å². The SMILES string of the molecule is C=CCNC(=O)CN1CCN(C(=O)c2ccccc2CSc2nc3ccccc3o2)CC1. The Labute approximate surface area is 191 Å². The summed E-state index contributed by atoms with van der Waals surface area (Å²) in [5, 5.41) is 3.38. The number of carbonyl (C=O) groups is 2. The monoisotopic (exact) mass is 450 g/mol. The van der Waals surface area contributed by atoms with Crippen molar-refractivity contribution in [3.8, 4) is 0 Å². The summed E-state index contributed by atoms with van der Waals surface area (Å²) in [5.41, 5.74) is 3.25. The topological polar surface area (TPSA) is 78.7 Å². The molecule has 2 aromatic carbocycles. The number of nitrogens with zero attached hydrogens (tertiary/aromatic N) is 3. The second-order valence-corrected chi connectivity index (χ2v) is 8.48. The number of amides is 2. The lowest BCUT2D eigenvalue weighted by atomic mass is 10.1. The normalized spacial score (nSPS) is 14.4. The number of para-hydroxylation sites is 2. The van der Waals surface area contributed by atoms with Gasteiger partial charge in [-0.1, -0.05) is 48.2 Å². The number of hydrogen-bond donors (Lipinski definition) is 1. The van der Waals surface area contributed by atoms with Crippen LogP contribution in [0.4, 0.5) is 0 Å². The van der Waals surface area contributed by atoms with E-state index in [2.05, 4.69) is 21.8 Å². The van der Waals surface area contributed by atoms with Gasteiger partial charge in [-0.05, 0) is 23.8 Å². The Balaban J connectivity index is 1.35. The van der Waals surface area contributed by atoms with Crippen LogP contribution >= 0.6 is 11.8 Å². The van der Waals surface area contributed by atoms with E-state index in [-0.39, 0.29) is 11.8 Å². The van der Waals surface area contributed by atoms with Crippen molar-refractivity contribution in [1.82, 2.24) is 20.1 Å². The highest BCUT2D eigenvalue weighted by Crippen LogP contribution is 2.27. The third kappa shape index (κ3) is 5.38. The van der Waals surface area contributed by atoms with E-state index in [4.69, 9.17) is 4.42 Å². The molecule has 2 amide bonds. The van der Waals surface area contributed by atoms with E-state index in [0.717, 1.165) is 16.7 Å². The second kappa shape index (κ2) is 10.5. The number of rotatable bonds is 8. The lowest BCUT2D eigenvalue weighted by Gasteiger charge is -2.34. The third-order valence-corrected chi connectivity index (χ3v) is 6.22. The third-order valence-electron chi connectivity index (χ3n) is 5.34. The number of thioether (sulfide) groups is 1. The Bertz CT molecular complexity index is 1070. The molecule has 1 saturated heterocycles. The predicted octanol–water partition coefficient (Wildman–Crippen LogP) is 3.18. The van der Waals surface area contributed by atoms with Gasteiger partial charge in [-0.25, -0.2) is 4.98 Å². The van der Waals surface area contributed by atoms with Crippen molar-refractivity contribution < 1.29 is 14.0 Å². The van der Waals surface area contributed by atoms with E-state index in [1.165, 1.54) is 11.8 Å². The van der Waals surface area contributed by atoms with Crippen LogP contribution in [-0.4, -0.2) is 65.9 Å². The first-order valence-corrected chi connectivity index (χ1v) is 11.6. The first-order valence-electron chi connectivity index (χ1n) is 10.6. The maximum Gasteiger partial charge on any atom is 0.257 e. The number of hydrogen-bond acceptors (Lipinski definition) is 6. The summed E-state index contributed by atoms with van der Waals surface area (Å²) in [7, 11) is 0. The molecule has 1 aromatic heterocycles. The van der Waals surface area contributed by atoms with E-state index < -0.39 is 0 Å². The summed E-state index contributed by atoms with van der Waals surface area (Å²) in [4.78, 5) is 33.5. The largest absolute Gasteiger partial charge is 0.431 e. The van der Waals surface area contributed by atoms with Crippen molar-refractivity contribution in [3.05, 3.63) is 72.3 Å². The molecule has 7 nitrogen and oxygen atoms in total. The number of aromatic nitrogens is 1. The van der Waals surface area contributed by atoms with Crippen LogP contribution in [0, 0.1) is 0 Å². The fourth-order valence-electron chi connectivity index (χ4n) is 3.63. The fraction of sp³-hybridized carbons (Fsp3) is 0.292. The van der Waals surface area contributed by atoms with Gasteiger partial charge in [0.15, 0.2) is 5.58 Å². The smallest absolute Gasteiger partial charge is 0.257 e. The molecule has 2 heterocycles. The maximum absolute atomic E-state index is 13.2. The molecule has 0 unspecified atom stereocenters. The van der Waals surface area contributed by atoms with Gasteiger partial charge in [-0.15, -0.1) is 6.58 Å². The molecule has 166 valence electrons. The van der Waals surface area contributed by atoms with Crippen molar-refractivity contribution in [2.45, 2.75) is 11.0 Å². The van der Waals surface area contributed by atoms with Crippen molar-refractivity contribution in [2.75, 3.05) is 39.3 Å². The van der Waals surface area contributed by atoms with Gasteiger partial charge in [-0.2, -0.15) is 0 Å². The highest BCUT2D eigenvalue weighted by atomic mass is 32.2. The molecule has 4 rings (SSSR count). The van der Waals surface area contributed by atoms with Gasteiger partial charge < -0.3 is 14.6 Å². The summed E-state index contributed by atoms with van der Waals surface area (Å²) < 4.78 is 5.79. The van der Waals surface area contributed by atoms with Gasteiger partial charge >= 0.3 is 0 Å². The second-order valence-electron chi connectivity index (χ2n) is 7.55. The summed E-state index contributed by atoms with van der Waals surface area (Å²) >= 11 is 1.48. The molecule has 1 N–H and O–H groups in total. The highest BCUT2D eigenvalue weighted by molar-refractivity contribution is 7.98. The quantitative estimate of drug-likeness (QED) is 0.420.